The van der Waals surface area contributed by atoms with Gasteiger partial charge in [0.2, 0.25) is 5.89 Å². The lowest BCUT2D eigenvalue weighted by atomic mass is 10.1. The van der Waals surface area contributed by atoms with Crippen molar-refractivity contribution in [2.45, 2.75) is 38.6 Å². The average molecular weight is 298 g/mol. The topological polar surface area (TPSA) is 64.9 Å². The van der Waals surface area contributed by atoms with E-state index in [1.54, 1.807) is 12.1 Å². The summed E-state index contributed by atoms with van der Waals surface area (Å²) in [5.74, 6) is 0.402. The van der Waals surface area contributed by atoms with Crippen LogP contribution in [0.25, 0.3) is 0 Å². The number of halogens is 2. The Morgan fingerprint density at radius 2 is 2.25 bits per heavy atom. The Bertz CT molecular complexity index is 553. The number of unbranched alkanes of at least 4 members (excludes halogenated alkanes) is 1. The monoisotopic (exact) mass is 297 g/mol. The maximum Gasteiger partial charge on any atom is 0.243 e. The van der Waals surface area contributed by atoms with Gasteiger partial charge in [-0.05, 0) is 18.6 Å². The van der Waals surface area contributed by atoms with Gasteiger partial charge < -0.3 is 10.3 Å². The summed E-state index contributed by atoms with van der Waals surface area (Å²) in [6.45, 7) is 2.09. The molecule has 1 heterocycles. The first-order valence-electron chi connectivity index (χ1n) is 6.62. The third-order valence-corrected chi connectivity index (χ3v) is 3.42. The molecule has 20 heavy (non-hydrogen) atoms. The minimum atomic E-state index is -0.376. The highest BCUT2D eigenvalue weighted by Crippen LogP contribution is 2.22. The SMILES string of the molecule is CCCCC(N)c1nc(Cc2c(F)cccc2Cl)no1. The van der Waals surface area contributed by atoms with Crippen LogP contribution in [-0.4, -0.2) is 10.1 Å². The van der Waals surface area contributed by atoms with Gasteiger partial charge in [0.05, 0.1) is 6.04 Å². The van der Waals surface area contributed by atoms with Gasteiger partial charge in [0.25, 0.3) is 0 Å². The molecular weight excluding hydrogens is 281 g/mol. The van der Waals surface area contributed by atoms with E-state index in [1.165, 1.54) is 6.07 Å². The fraction of sp³-hybridized carbons (Fsp3) is 0.429. The smallest absolute Gasteiger partial charge is 0.243 e. The maximum atomic E-state index is 13.7. The van der Waals surface area contributed by atoms with Gasteiger partial charge in [-0.1, -0.05) is 42.6 Å². The molecule has 0 radical (unpaired) electrons. The number of hydrogen-bond acceptors (Lipinski definition) is 4. The average Bonchev–Trinajstić information content (AvgIpc) is 2.89. The minimum Gasteiger partial charge on any atom is -0.338 e. The van der Waals surface area contributed by atoms with E-state index in [0.29, 0.717) is 22.3 Å². The molecule has 2 rings (SSSR count). The molecule has 0 fully saturated rings. The van der Waals surface area contributed by atoms with Gasteiger partial charge in [0.15, 0.2) is 5.82 Å². The van der Waals surface area contributed by atoms with Crippen molar-refractivity contribution in [3.05, 3.63) is 46.3 Å². The van der Waals surface area contributed by atoms with Crippen molar-refractivity contribution in [2.24, 2.45) is 5.73 Å². The van der Waals surface area contributed by atoms with Crippen molar-refractivity contribution in [2.75, 3.05) is 0 Å². The quantitative estimate of drug-likeness (QED) is 0.884. The van der Waals surface area contributed by atoms with Crippen molar-refractivity contribution in [1.82, 2.24) is 10.1 Å². The molecule has 0 amide bonds. The van der Waals surface area contributed by atoms with Crippen LogP contribution in [0.15, 0.2) is 22.7 Å². The van der Waals surface area contributed by atoms with Crippen LogP contribution < -0.4 is 5.73 Å². The molecule has 2 aromatic rings. The Kier molecular flexibility index (Phi) is 5.09. The molecule has 4 nitrogen and oxygen atoms in total. The highest BCUT2D eigenvalue weighted by Gasteiger charge is 2.16. The molecule has 0 saturated carbocycles. The number of hydrogen-bond donors (Lipinski definition) is 1. The van der Waals surface area contributed by atoms with E-state index >= 15 is 0 Å². The van der Waals surface area contributed by atoms with Gasteiger partial charge in [-0.15, -0.1) is 0 Å². The lowest BCUT2D eigenvalue weighted by molar-refractivity contribution is 0.343. The maximum absolute atomic E-state index is 13.7. The van der Waals surface area contributed by atoms with Crippen LogP contribution >= 0.6 is 11.6 Å². The number of benzene rings is 1. The number of nitrogens with two attached hydrogens (primary N) is 1. The fourth-order valence-corrected chi connectivity index (χ4v) is 2.13. The van der Waals surface area contributed by atoms with E-state index in [-0.39, 0.29) is 18.3 Å². The zero-order chi connectivity index (χ0) is 14.5. The summed E-state index contributed by atoms with van der Waals surface area (Å²) in [5, 5.41) is 4.18. The molecule has 1 aromatic carbocycles. The van der Waals surface area contributed by atoms with Crippen LogP contribution in [0, 0.1) is 5.82 Å². The summed E-state index contributed by atoms with van der Waals surface area (Å²) in [4.78, 5) is 4.21. The molecule has 0 bridgehead atoms. The van der Waals surface area contributed by atoms with Crippen molar-refractivity contribution >= 4 is 11.6 Å². The van der Waals surface area contributed by atoms with Gasteiger partial charge in [-0.3, -0.25) is 0 Å². The molecule has 0 aliphatic carbocycles. The van der Waals surface area contributed by atoms with Gasteiger partial charge >= 0.3 is 0 Å². The zero-order valence-corrected chi connectivity index (χ0v) is 12.0. The standard InChI is InChI=1S/C14H17ClFN3O/c1-2-3-7-12(17)14-18-13(19-20-14)8-9-10(15)5-4-6-11(9)16/h4-6,12H,2-3,7-8,17H2,1H3. The third kappa shape index (κ3) is 3.55. The van der Waals surface area contributed by atoms with Crippen LogP contribution in [0.4, 0.5) is 4.39 Å². The fourth-order valence-electron chi connectivity index (χ4n) is 1.90. The van der Waals surface area contributed by atoms with Crippen LogP contribution in [0.1, 0.15) is 49.5 Å². The lowest BCUT2D eigenvalue weighted by Gasteiger charge is -2.04. The van der Waals surface area contributed by atoms with E-state index in [0.717, 1.165) is 19.3 Å². The van der Waals surface area contributed by atoms with Crippen molar-refractivity contribution < 1.29 is 8.91 Å². The Morgan fingerprint density at radius 1 is 1.45 bits per heavy atom. The Balaban J connectivity index is 2.10. The van der Waals surface area contributed by atoms with E-state index in [2.05, 4.69) is 17.1 Å². The number of nitrogens with zero attached hydrogens (tertiary/aromatic N) is 2. The van der Waals surface area contributed by atoms with Crippen LogP contribution in [0.2, 0.25) is 5.02 Å². The summed E-state index contributed by atoms with van der Waals surface area (Å²) in [6, 6.07) is 4.28. The second kappa shape index (κ2) is 6.81. The van der Waals surface area contributed by atoms with Crippen molar-refractivity contribution in [3.63, 3.8) is 0 Å². The molecule has 0 saturated heterocycles. The third-order valence-electron chi connectivity index (χ3n) is 3.07. The molecule has 1 atom stereocenters. The van der Waals surface area contributed by atoms with E-state index in [1.807, 2.05) is 0 Å². The molecule has 6 heteroatoms. The summed E-state index contributed by atoms with van der Waals surface area (Å²) in [7, 11) is 0. The van der Waals surface area contributed by atoms with E-state index in [4.69, 9.17) is 21.9 Å². The molecule has 0 aliphatic rings. The summed E-state index contributed by atoms with van der Waals surface area (Å²) < 4.78 is 18.8. The zero-order valence-electron chi connectivity index (χ0n) is 11.3. The molecule has 2 N–H and O–H groups in total. The van der Waals surface area contributed by atoms with E-state index in [9.17, 15) is 4.39 Å². The molecule has 108 valence electrons. The second-order valence-corrected chi connectivity index (χ2v) is 5.08. The number of aromatic nitrogens is 2. The molecule has 1 aromatic heterocycles. The Morgan fingerprint density at radius 3 is 2.95 bits per heavy atom. The molecule has 0 spiro atoms. The highest BCUT2D eigenvalue weighted by molar-refractivity contribution is 6.31. The second-order valence-electron chi connectivity index (χ2n) is 4.67. The Hall–Kier alpha value is -1.46. The van der Waals surface area contributed by atoms with Crippen LogP contribution in [0.3, 0.4) is 0 Å². The van der Waals surface area contributed by atoms with Gasteiger partial charge in [0.1, 0.15) is 5.82 Å². The predicted molar refractivity (Wildman–Crippen MR) is 75.0 cm³/mol. The highest BCUT2D eigenvalue weighted by atomic mass is 35.5. The molecule has 0 aliphatic heterocycles. The Labute approximate surface area is 122 Å². The van der Waals surface area contributed by atoms with Gasteiger partial charge in [0, 0.05) is 17.0 Å². The van der Waals surface area contributed by atoms with Crippen molar-refractivity contribution in [1.29, 1.82) is 0 Å². The normalized spacial score (nSPS) is 12.6. The molecular formula is C14H17ClFN3O. The summed E-state index contributed by atoms with van der Waals surface area (Å²) >= 11 is 5.97. The van der Waals surface area contributed by atoms with Gasteiger partial charge in [-0.25, -0.2) is 4.39 Å². The predicted octanol–water partition coefficient (Wildman–Crippen LogP) is 3.64. The van der Waals surface area contributed by atoms with Crippen LogP contribution in [-0.2, 0) is 6.42 Å². The molecule has 1 unspecified atom stereocenters. The lowest BCUT2D eigenvalue weighted by Crippen LogP contribution is -2.10. The largest absolute Gasteiger partial charge is 0.338 e. The summed E-state index contributed by atoms with van der Waals surface area (Å²) in [5.41, 5.74) is 6.32. The first kappa shape index (κ1) is 14.9. The van der Waals surface area contributed by atoms with E-state index < -0.39 is 0 Å². The van der Waals surface area contributed by atoms with Crippen molar-refractivity contribution in [3.8, 4) is 0 Å². The first-order chi connectivity index (χ1) is 9.61. The van der Waals surface area contributed by atoms with Gasteiger partial charge in [-0.2, -0.15) is 4.98 Å². The first-order valence-corrected chi connectivity index (χ1v) is 7.00. The number of rotatable bonds is 6. The van der Waals surface area contributed by atoms with Crippen LogP contribution in [0.5, 0.6) is 0 Å². The minimum absolute atomic E-state index is 0.190. The summed E-state index contributed by atoms with van der Waals surface area (Å²) in [6.07, 6.45) is 3.03.